The van der Waals surface area contributed by atoms with Crippen LogP contribution in [0.15, 0.2) is 233 Å². The molecule has 8 heterocycles. The Morgan fingerprint density at radius 3 is 1.00 bits per heavy atom. The van der Waals surface area contributed by atoms with Gasteiger partial charge in [-0.2, -0.15) is 0 Å². The Morgan fingerprint density at radius 2 is 0.686 bits per heavy atom. The van der Waals surface area contributed by atoms with Crippen molar-refractivity contribution in [2.75, 3.05) is 131 Å². The lowest BCUT2D eigenvalue weighted by Gasteiger charge is -2.34. The second kappa shape index (κ2) is 45.9. The van der Waals surface area contributed by atoms with E-state index in [4.69, 9.17) is 78.2 Å². The standard InChI is InChI=1S/C36H41ClN6O5.C35H35ClN6O5.C32H33ClN4O5/c1-25(2)48-33-12-7-26(32(44)22-40-15-13-38-14-16-40)21-31(33)43-34(39-30-6-4-3-5-29(30)36(43)46)23-41-17-19-42(20-18-41)35(45)24-47-28-10-8-27(37)9-11-28;1-24(2)47-32-12-7-25(31(43)20-40-14-13-37-23-40)19-30(32)42-33(38-29-6-4-3-5-28(29)35(42)45)21-39-15-17-41(18-16-39)34(44)22-46-27-10-8-26(36)9-11-27;1-21(2)42-29-13-8-23(22(3)38)18-28(29)37-30(34-27-7-5-4-6-26(27)32(37)40)19-35-14-16-36(17-15-35)31(39)20-41-25-11-9-24(33)10-12-25/h3-12,21,25,38H,13-20,22-24H2,1-2H3;3-14,19,23-24H,15-18,20-22H2,1-2H3;4-13,18,21H,14-17,19-20H2,1-3H3. The molecule has 3 amide bonds. The van der Waals surface area contributed by atoms with Crippen LogP contribution in [0.1, 0.15) is 97.0 Å². The molecule has 4 aliphatic heterocycles. The second-order valence-corrected chi connectivity index (χ2v) is 35.8. The Balaban J connectivity index is 0.000000156. The van der Waals surface area contributed by atoms with Crippen LogP contribution in [0.3, 0.4) is 0 Å². The molecular weight excluding hydrogens is 1810 g/mol. The first-order valence-corrected chi connectivity index (χ1v) is 46.9. The number of halogens is 3. The second-order valence-electron chi connectivity index (χ2n) is 34.5. The number of benzene rings is 9. The van der Waals surface area contributed by atoms with Crippen LogP contribution < -0.4 is 50.4 Å². The SMILES string of the molecule is CC(=O)c1ccc(OC(C)C)c(-n2c(CN3CCN(C(=O)COc4ccc(Cl)cc4)CC3)nc3ccccc3c2=O)c1.CC(C)Oc1ccc(C(=O)CN2CCNCC2)cc1-n1c(CN2CCN(C(=O)COc3ccc(Cl)cc3)CC2)nc2ccccc2c1=O.CC(C)Oc1ccc(C(=O)Cn2ccnc2)cc1-n1c(CN2CCN(C(=O)COc3ccc(Cl)cc3)CC2)nc2ccccc2c1=O. The topological polar surface area (TPSA) is 315 Å². The van der Waals surface area contributed by atoms with Crippen LogP contribution in [0.2, 0.25) is 15.1 Å². The predicted octanol–water partition coefficient (Wildman–Crippen LogP) is 13.0. The maximum atomic E-state index is 14.3. The highest BCUT2D eigenvalue weighted by molar-refractivity contribution is 6.31. The summed E-state index contributed by atoms with van der Waals surface area (Å²) in [4.78, 5) is 153. The van der Waals surface area contributed by atoms with Crippen molar-refractivity contribution in [1.29, 1.82) is 0 Å². The summed E-state index contributed by atoms with van der Waals surface area (Å²) < 4.78 is 41.8. The summed E-state index contributed by atoms with van der Waals surface area (Å²) in [6.07, 6.45) is 4.45. The van der Waals surface area contributed by atoms with Crippen molar-refractivity contribution < 1.29 is 57.2 Å². The number of aromatic nitrogens is 8. The molecule has 0 unspecified atom stereocenters. The van der Waals surface area contributed by atoms with Crippen LogP contribution in [-0.4, -0.2) is 257 Å². The number of ether oxygens (including phenoxy) is 6. The predicted molar refractivity (Wildman–Crippen MR) is 526 cm³/mol. The van der Waals surface area contributed by atoms with Crippen molar-refractivity contribution in [3.63, 3.8) is 0 Å². The van der Waals surface area contributed by atoms with Crippen LogP contribution in [-0.2, 0) is 40.6 Å². The minimum atomic E-state index is -0.258. The minimum Gasteiger partial charge on any atom is -0.489 e. The van der Waals surface area contributed by atoms with Crippen molar-refractivity contribution in [1.82, 2.24) is 77.8 Å². The van der Waals surface area contributed by atoms with Gasteiger partial charge in [-0.1, -0.05) is 71.2 Å². The lowest BCUT2D eigenvalue weighted by molar-refractivity contribution is -0.135. The van der Waals surface area contributed by atoms with E-state index in [1.807, 2.05) is 84.0 Å². The van der Waals surface area contributed by atoms with Crippen molar-refractivity contribution >= 4 is 103 Å². The Kier molecular flexibility index (Phi) is 32.8. The van der Waals surface area contributed by atoms with Gasteiger partial charge in [0.1, 0.15) is 52.0 Å². The van der Waals surface area contributed by atoms with E-state index >= 15 is 0 Å². The highest BCUT2D eigenvalue weighted by Crippen LogP contribution is 2.33. The van der Waals surface area contributed by atoms with Crippen molar-refractivity contribution in [2.24, 2.45) is 0 Å². The zero-order valence-electron chi connectivity index (χ0n) is 77.5. The third-order valence-corrected chi connectivity index (χ3v) is 24.3. The zero-order valence-corrected chi connectivity index (χ0v) is 79.7. The molecule has 0 atom stereocenters. The lowest BCUT2D eigenvalue weighted by Crippen LogP contribution is -2.50. The molecule has 0 radical (unpaired) electrons. The van der Waals surface area contributed by atoms with E-state index in [9.17, 15) is 43.2 Å². The summed E-state index contributed by atoms with van der Waals surface area (Å²) in [6.45, 7) is 24.2. The van der Waals surface area contributed by atoms with Gasteiger partial charge >= 0.3 is 0 Å². The number of carbonyl (C=O) groups excluding carboxylic acids is 6. The van der Waals surface area contributed by atoms with Gasteiger partial charge in [-0.25, -0.2) is 19.9 Å². The van der Waals surface area contributed by atoms with Crippen molar-refractivity contribution in [3.8, 4) is 51.6 Å². The van der Waals surface area contributed by atoms with Gasteiger partial charge in [0.25, 0.3) is 34.4 Å². The molecule has 0 spiro atoms. The number of amides is 3. The highest BCUT2D eigenvalue weighted by Gasteiger charge is 2.31. The number of piperazine rings is 4. The van der Waals surface area contributed by atoms with Gasteiger partial charge in [-0.3, -0.25) is 76.5 Å². The summed E-state index contributed by atoms with van der Waals surface area (Å²) in [5.41, 5.74) is 3.87. The highest BCUT2D eigenvalue weighted by atomic mass is 35.5. The molecule has 9 aromatic carbocycles. The Bertz CT molecular complexity index is 6670. The van der Waals surface area contributed by atoms with Gasteiger partial charge < -0.3 is 53.0 Å². The van der Waals surface area contributed by atoms with Gasteiger partial charge in [0.2, 0.25) is 0 Å². The minimum absolute atomic E-state index is 0.0153. The van der Waals surface area contributed by atoms with E-state index in [0.717, 1.165) is 26.2 Å². The summed E-state index contributed by atoms with van der Waals surface area (Å²) in [6, 6.07) is 58.0. The van der Waals surface area contributed by atoms with Crippen molar-refractivity contribution in [3.05, 3.63) is 299 Å². The fraction of sp³-hybridized carbons (Fsp3) is 0.330. The van der Waals surface area contributed by atoms with Crippen LogP contribution >= 0.6 is 34.8 Å². The van der Waals surface area contributed by atoms with E-state index in [1.54, 1.807) is 209 Å². The van der Waals surface area contributed by atoms with E-state index in [0.29, 0.717) is 238 Å². The third kappa shape index (κ3) is 25.4. The fourth-order valence-corrected chi connectivity index (χ4v) is 16.8. The molecule has 1 N–H and O–H groups in total. The largest absolute Gasteiger partial charge is 0.489 e. The number of hydrogen-bond donors (Lipinski definition) is 1. The Morgan fingerprint density at radius 1 is 0.372 bits per heavy atom. The average Bonchev–Trinajstić information content (AvgIpc) is 0.891. The molecule has 4 aliphatic rings. The normalized spacial score (nSPS) is 14.5. The molecule has 4 saturated heterocycles. The number of hydrogen-bond acceptors (Lipinski definition) is 24. The number of nitrogens with zero attached hydrogens (tertiary/aromatic N) is 15. The quantitative estimate of drug-likeness (QED) is 0.0395. The Labute approximate surface area is 807 Å². The zero-order chi connectivity index (χ0) is 96.3. The molecule has 17 rings (SSSR count). The molecular formula is C103H109Cl3N16O15. The first kappa shape index (κ1) is 98.0. The number of fused-ring (bicyclic) bond motifs is 3. The number of ketones is 3. The summed E-state index contributed by atoms with van der Waals surface area (Å²) in [5, 5.41) is 6.53. The van der Waals surface area contributed by atoms with E-state index in [2.05, 4.69) is 29.9 Å². The molecule has 34 heteroatoms. The average molecular weight is 1920 g/mol. The van der Waals surface area contributed by atoms with Crippen LogP contribution in [0, 0.1) is 0 Å². The maximum Gasteiger partial charge on any atom is 0.266 e. The van der Waals surface area contributed by atoms with Gasteiger partial charge in [0.15, 0.2) is 37.2 Å². The van der Waals surface area contributed by atoms with Crippen LogP contribution in [0.4, 0.5) is 0 Å². The van der Waals surface area contributed by atoms with Gasteiger partial charge in [0.05, 0.1) is 107 Å². The van der Waals surface area contributed by atoms with Gasteiger partial charge in [-0.05, 0) is 212 Å². The molecule has 4 fully saturated rings. The molecule has 0 saturated carbocycles. The first-order chi connectivity index (χ1) is 66.2. The van der Waals surface area contributed by atoms with Gasteiger partial charge in [-0.15, -0.1) is 0 Å². The number of carbonyl (C=O) groups is 6. The molecule has 0 aliphatic carbocycles. The van der Waals surface area contributed by atoms with E-state index < -0.39 is 0 Å². The van der Waals surface area contributed by atoms with Gasteiger partial charge in [0, 0.05) is 149 Å². The fourth-order valence-electron chi connectivity index (χ4n) is 16.5. The third-order valence-electron chi connectivity index (χ3n) is 23.5. The molecule has 137 heavy (non-hydrogen) atoms. The number of rotatable bonds is 31. The number of para-hydroxylation sites is 3. The molecule has 13 aromatic rings. The van der Waals surface area contributed by atoms with Crippen molar-refractivity contribution in [2.45, 2.75) is 93.0 Å². The first-order valence-electron chi connectivity index (χ1n) is 45.8. The molecule has 31 nitrogen and oxygen atoms in total. The van der Waals surface area contributed by atoms with E-state index in [-0.39, 0.29) is 96.4 Å². The maximum absolute atomic E-state index is 14.3. The Hall–Kier alpha value is -13.5. The van der Waals surface area contributed by atoms with Crippen LogP contribution in [0.25, 0.3) is 49.8 Å². The summed E-state index contributed by atoms with van der Waals surface area (Å²) in [5.74, 6) is 4.22. The number of nitrogens with one attached hydrogen (secondary N) is 1. The lowest BCUT2D eigenvalue weighted by atomic mass is 10.1. The van der Waals surface area contributed by atoms with E-state index in [1.165, 1.54) is 6.92 Å². The molecule has 4 aromatic heterocycles. The molecule has 0 bridgehead atoms. The number of imidazole rings is 1. The summed E-state index contributed by atoms with van der Waals surface area (Å²) >= 11 is 17.8. The summed E-state index contributed by atoms with van der Waals surface area (Å²) in [7, 11) is 0. The molecule has 712 valence electrons. The van der Waals surface area contributed by atoms with Crippen LogP contribution in [0.5, 0.6) is 34.5 Å². The monoisotopic (exact) mass is 1910 g/mol. The smallest absolute Gasteiger partial charge is 0.266 e. The number of Topliss-reactive ketones (excluding diaryl/α,β-unsaturated/α-hetero) is 3.